The first-order chi connectivity index (χ1) is 9.24. The van der Waals surface area contributed by atoms with E-state index < -0.39 is 0 Å². The molecule has 0 fully saturated rings. The molecule has 2 rings (SSSR count). The van der Waals surface area contributed by atoms with Gasteiger partial charge in [0, 0.05) is 29.5 Å². The van der Waals surface area contributed by atoms with E-state index in [9.17, 15) is 0 Å². The van der Waals surface area contributed by atoms with E-state index in [2.05, 4.69) is 54.9 Å². The summed E-state index contributed by atoms with van der Waals surface area (Å²) in [5, 5.41) is 5.62. The topological polar surface area (TPSA) is 12.0 Å². The van der Waals surface area contributed by atoms with Crippen molar-refractivity contribution in [3.05, 3.63) is 57.3 Å². The summed E-state index contributed by atoms with van der Waals surface area (Å²) < 4.78 is 0. The highest BCUT2D eigenvalue weighted by molar-refractivity contribution is 7.98. The minimum absolute atomic E-state index is 1.00. The molecular weight excluding hydrogens is 270 g/mol. The molecule has 0 spiro atoms. The molecule has 2 aromatic rings. The molecule has 19 heavy (non-hydrogen) atoms. The Morgan fingerprint density at radius 1 is 1.16 bits per heavy atom. The third kappa shape index (κ3) is 5.39. The number of hydrogen-bond acceptors (Lipinski definition) is 3. The first-order valence-electron chi connectivity index (χ1n) is 6.62. The van der Waals surface area contributed by atoms with Crippen LogP contribution in [-0.4, -0.2) is 12.3 Å². The second-order valence-corrected chi connectivity index (χ2v) is 6.94. The Kier molecular flexibility index (Phi) is 5.95. The van der Waals surface area contributed by atoms with Crippen molar-refractivity contribution in [1.29, 1.82) is 0 Å². The molecule has 0 saturated heterocycles. The van der Waals surface area contributed by atoms with E-state index in [0.29, 0.717) is 0 Å². The second-order valence-electron chi connectivity index (χ2n) is 4.80. The van der Waals surface area contributed by atoms with Crippen LogP contribution in [0.5, 0.6) is 0 Å². The molecule has 0 atom stereocenters. The van der Waals surface area contributed by atoms with E-state index in [1.165, 1.54) is 27.3 Å². The van der Waals surface area contributed by atoms with E-state index in [1.807, 2.05) is 23.1 Å². The molecule has 0 bridgehead atoms. The van der Waals surface area contributed by atoms with E-state index in [1.54, 1.807) is 0 Å². The van der Waals surface area contributed by atoms with Gasteiger partial charge in [-0.15, -0.1) is 11.3 Å². The molecule has 3 heteroatoms. The minimum atomic E-state index is 1.00. The van der Waals surface area contributed by atoms with Crippen LogP contribution >= 0.6 is 23.1 Å². The van der Waals surface area contributed by atoms with E-state index in [4.69, 9.17) is 0 Å². The number of benzene rings is 1. The number of thioether (sulfide) groups is 1. The molecule has 1 aromatic heterocycles. The largest absolute Gasteiger partial charge is 0.311 e. The Hall–Kier alpha value is -0.770. The van der Waals surface area contributed by atoms with Gasteiger partial charge in [-0.3, -0.25) is 0 Å². The second kappa shape index (κ2) is 7.73. The molecule has 0 aliphatic heterocycles. The molecular formula is C16H21NS2. The third-order valence-corrected chi connectivity index (χ3v) is 4.76. The van der Waals surface area contributed by atoms with Crippen molar-refractivity contribution < 1.29 is 0 Å². The fraction of sp³-hybridized carbons (Fsp3) is 0.375. The lowest BCUT2D eigenvalue weighted by Crippen LogP contribution is -2.15. The van der Waals surface area contributed by atoms with Gasteiger partial charge in [0.1, 0.15) is 0 Å². The normalized spacial score (nSPS) is 10.8. The maximum atomic E-state index is 3.49. The lowest BCUT2D eigenvalue weighted by molar-refractivity contribution is 0.741. The quantitative estimate of drug-likeness (QED) is 0.759. The first kappa shape index (κ1) is 14.6. The zero-order valence-corrected chi connectivity index (χ0v) is 13.2. The van der Waals surface area contributed by atoms with Gasteiger partial charge in [-0.1, -0.05) is 35.4 Å². The van der Waals surface area contributed by atoms with Crippen molar-refractivity contribution in [3.8, 4) is 0 Å². The Balaban J connectivity index is 1.61. The highest BCUT2D eigenvalue weighted by atomic mass is 32.2. The predicted octanol–water partition coefficient (Wildman–Crippen LogP) is 4.39. The Morgan fingerprint density at radius 3 is 2.63 bits per heavy atom. The van der Waals surface area contributed by atoms with E-state index >= 15 is 0 Å². The maximum Gasteiger partial charge on any atom is 0.0300 e. The van der Waals surface area contributed by atoms with Crippen molar-refractivity contribution in [2.24, 2.45) is 0 Å². The fourth-order valence-electron chi connectivity index (χ4n) is 2.11. The van der Waals surface area contributed by atoms with Crippen LogP contribution in [-0.2, 0) is 12.3 Å². The summed E-state index contributed by atoms with van der Waals surface area (Å²) >= 11 is 3.82. The zero-order chi connectivity index (χ0) is 13.5. The fourth-order valence-corrected chi connectivity index (χ4v) is 3.62. The molecule has 0 saturated carbocycles. The highest BCUT2D eigenvalue weighted by Gasteiger charge is 1.97. The molecule has 1 heterocycles. The van der Waals surface area contributed by atoms with Crippen molar-refractivity contribution in [1.82, 2.24) is 5.32 Å². The van der Waals surface area contributed by atoms with Crippen LogP contribution < -0.4 is 5.32 Å². The van der Waals surface area contributed by atoms with Gasteiger partial charge in [0.05, 0.1) is 0 Å². The van der Waals surface area contributed by atoms with Gasteiger partial charge in [0.25, 0.3) is 0 Å². The molecule has 1 N–H and O–H groups in total. The molecule has 0 aliphatic rings. The van der Waals surface area contributed by atoms with Gasteiger partial charge < -0.3 is 5.32 Å². The van der Waals surface area contributed by atoms with Gasteiger partial charge in [-0.25, -0.2) is 0 Å². The number of aryl methyl sites for hydroxylation is 2. The summed E-state index contributed by atoms with van der Waals surface area (Å²) in [6.45, 7) is 6.42. The summed E-state index contributed by atoms with van der Waals surface area (Å²) in [5.41, 5.74) is 4.18. The van der Waals surface area contributed by atoms with Gasteiger partial charge >= 0.3 is 0 Å². The van der Waals surface area contributed by atoms with Crippen molar-refractivity contribution in [3.63, 3.8) is 0 Å². The molecule has 0 amide bonds. The molecule has 0 aliphatic carbocycles. The summed E-state index contributed by atoms with van der Waals surface area (Å²) in [6, 6.07) is 11.1. The van der Waals surface area contributed by atoms with Crippen LogP contribution in [0.3, 0.4) is 0 Å². The smallest absolute Gasteiger partial charge is 0.0300 e. The lowest BCUT2D eigenvalue weighted by atomic mass is 10.1. The summed E-state index contributed by atoms with van der Waals surface area (Å²) in [4.78, 5) is 1.42. The van der Waals surface area contributed by atoms with Crippen molar-refractivity contribution in [2.45, 2.75) is 26.1 Å². The Labute approximate surface area is 124 Å². The molecule has 1 aromatic carbocycles. The van der Waals surface area contributed by atoms with Gasteiger partial charge in [0.2, 0.25) is 0 Å². The summed E-state index contributed by atoms with van der Waals surface area (Å²) in [5.74, 6) is 2.28. The maximum absolute atomic E-state index is 3.49. The number of rotatable bonds is 7. The van der Waals surface area contributed by atoms with Crippen LogP contribution in [0, 0.1) is 13.8 Å². The number of hydrogen-bond donors (Lipinski definition) is 1. The molecule has 1 nitrogen and oxygen atoms in total. The minimum Gasteiger partial charge on any atom is -0.311 e. The number of nitrogens with one attached hydrogen (secondary N) is 1. The van der Waals surface area contributed by atoms with Crippen LogP contribution in [0.15, 0.2) is 35.7 Å². The average molecular weight is 291 g/mol. The summed E-state index contributed by atoms with van der Waals surface area (Å²) in [6.07, 6.45) is 0. The van der Waals surface area contributed by atoms with E-state index in [-0.39, 0.29) is 0 Å². The summed E-state index contributed by atoms with van der Waals surface area (Å²) in [7, 11) is 0. The lowest BCUT2D eigenvalue weighted by Gasteiger charge is -2.06. The number of thiophene rings is 1. The Bertz CT molecular complexity index is 471. The monoisotopic (exact) mass is 291 g/mol. The zero-order valence-electron chi connectivity index (χ0n) is 11.6. The van der Waals surface area contributed by atoms with Crippen molar-refractivity contribution >= 4 is 23.1 Å². The molecule has 0 radical (unpaired) electrons. The van der Waals surface area contributed by atoms with Gasteiger partial charge in [0.15, 0.2) is 0 Å². The highest BCUT2D eigenvalue weighted by Crippen LogP contribution is 2.15. The standard InChI is InChI=1S/C16H21NS2/c1-13-8-14(2)10-15(9-13)12-18-7-5-17-11-16-4-3-6-19-16/h3-4,6,8-10,17H,5,7,11-12H2,1-2H3. The van der Waals surface area contributed by atoms with Crippen molar-refractivity contribution in [2.75, 3.05) is 12.3 Å². The van der Waals surface area contributed by atoms with Crippen LogP contribution in [0.25, 0.3) is 0 Å². The van der Waals surface area contributed by atoms with Crippen LogP contribution in [0.1, 0.15) is 21.6 Å². The van der Waals surface area contributed by atoms with Gasteiger partial charge in [-0.2, -0.15) is 11.8 Å². The predicted molar refractivity (Wildman–Crippen MR) is 88.1 cm³/mol. The van der Waals surface area contributed by atoms with Crippen LogP contribution in [0.4, 0.5) is 0 Å². The van der Waals surface area contributed by atoms with Gasteiger partial charge in [-0.05, 0) is 30.9 Å². The SMILES string of the molecule is Cc1cc(C)cc(CSCCNCc2cccs2)c1. The molecule has 0 unspecified atom stereocenters. The van der Waals surface area contributed by atoms with Crippen LogP contribution in [0.2, 0.25) is 0 Å². The Morgan fingerprint density at radius 2 is 1.95 bits per heavy atom. The molecule has 102 valence electrons. The third-order valence-electron chi connectivity index (χ3n) is 2.85. The average Bonchev–Trinajstić information content (AvgIpc) is 2.85. The van der Waals surface area contributed by atoms with E-state index in [0.717, 1.165) is 18.8 Å². The first-order valence-corrected chi connectivity index (χ1v) is 8.65.